The van der Waals surface area contributed by atoms with E-state index in [9.17, 15) is 19.2 Å². The van der Waals surface area contributed by atoms with Gasteiger partial charge in [0.1, 0.15) is 5.57 Å². The average molecular weight is 564 g/mol. The summed E-state index contributed by atoms with van der Waals surface area (Å²) in [5.74, 6) is -1.42. The van der Waals surface area contributed by atoms with E-state index >= 15 is 0 Å². The van der Waals surface area contributed by atoms with Gasteiger partial charge < -0.3 is 14.2 Å². The first-order chi connectivity index (χ1) is 15.8. The van der Waals surface area contributed by atoms with Crippen molar-refractivity contribution >= 4 is 58.2 Å². The van der Waals surface area contributed by atoms with E-state index in [4.69, 9.17) is 9.47 Å². The van der Waals surface area contributed by atoms with Gasteiger partial charge in [0, 0.05) is 0 Å². The number of methoxy groups -OCH3 is 1. The van der Waals surface area contributed by atoms with Crippen LogP contribution in [0.3, 0.4) is 0 Å². The van der Waals surface area contributed by atoms with Gasteiger partial charge in [0.05, 0.1) is 23.0 Å². The van der Waals surface area contributed by atoms with Gasteiger partial charge in [-0.25, -0.2) is 14.5 Å². The normalized spacial score (nSPS) is 14.8. The summed E-state index contributed by atoms with van der Waals surface area (Å²) < 4.78 is 16.3. The van der Waals surface area contributed by atoms with Crippen molar-refractivity contribution in [2.45, 2.75) is 13.8 Å². The Hall–Kier alpha value is -3.41. The number of urea groups is 1. The number of aryl methyl sites for hydroxylation is 1. The summed E-state index contributed by atoms with van der Waals surface area (Å²) in [6, 6.07) is 9.31. The van der Waals surface area contributed by atoms with Gasteiger partial charge >= 0.3 is 12.0 Å². The van der Waals surface area contributed by atoms with E-state index in [1.54, 1.807) is 50.2 Å². The molecule has 0 aliphatic carbocycles. The van der Waals surface area contributed by atoms with Gasteiger partial charge in [-0.15, -0.1) is 0 Å². The van der Waals surface area contributed by atoms with Crippen molar-refractivity contribution in [3.05, 3.63) is 56.7 Å². The Bertz CT molecular complexity index is 1160. The predicted molar refractivity (Wildman–Crippen MR) is 128 cm³/mol. The fourth-order valence-corrected chi connectivity index (χ4v) is 3.90. The number of rotatable bonds is 7. The van der Waals surface area contributed by atoms with Crippen molar-refractivity contribution in [2.24, 2.45) is 0 Å². The number of carbonyl (C=O) groups is 4. The van der Waals surface area contributed by atoms with Crippen LogP contribution in [0.4, 0.5) is 10.5 Å². The van der Waals surface area contributed by atoms with Crippen molar-refractivity contribution in [1.82, 2.24) is 5.32 Å². The number of para-hydroxylation sites is 1. The molecule has 0 spiro atoms. The van der Waals surface area contributed by atoms with E-state index < -0.39 is 23.8 Å². The van der Waals surface area contributed by atoms with E-state index in [1.165, 1.54) is 13.2 Å². The van der Waals surface area contributed by atoms with E-state index in [1.807, 2.05) is 22.6 Å². The fraction of sp³-hybridized carbons (Fsp3) is 0.217. The Morgan fingerprint density at radius 1 is 1.15 bits per heavy atom. The van der Waals surface area contributed by atoms with Crippen LogP contribution in [0.1, 0.15) is 18.1 Å². The highest BCUT2D eigenvalue weighted by Crippen LogP contribution is 2.35. The number of carbonyl (C=O) groups excluding carboxylic acids is 4. The van der Waals surface area contributed by atoms with Gasteiger partial charge in [-0.2, -0.15) is 0 Å². The lowest BCUT2D eigenvalue weighted by atomic mass is 10.1. The minimum absolute atomic E-state index is 0.209. The van der Waals surface area contributed by atoms with E-state index in [-0.39, 0.29) is 12.2 Å². The van der Waals surface area contributed by atoms with Crippen molar-refractivity contribution in [3.8, 4) is 11.5 Å². The lowest BCUT2D eigenvalue weighted by molar-refractivity contribution is -0.143. The first kappa shape index (κ1) is 24.2. The van der Waals surface area contributed by atoms with Gasteiger partial charge in [-0.3, -0.25) is 14.9 Å². The number of amides is 4. The van der Waals surface area contributed by atoms with Gasteiger partial charge in [0.2, 0.25) is 0 Å². The molecule has 9 nitrogen and oxygen atoms in total. The largest absolute Gasteiger partial charge is 0.490 e. The SMILES string of the molecule is CCOc1cc(/C=C2\C(=O)NC(=O)N(c3ccccc3C)C2=O)cc(I)c1OCC(=O)OC. The van der Waals surface area contributed by atoms with Crippen LogP contribution < -0.4 is 19.7 Å². The molecule has 2 aromatic carbocycles. The molecular weight excluding hydrogens is 543 g/mol. The Kier molecular flexibility index (Phi) is 7.69. The number of imide groups is 2. The molecule has 0 radical (unpaired) electrons. The molecule has 0 aromatic heterocycles. The molecule has 1 N–H and O–H groups in total. The van der Waals surface area contributed by atoms with Crippen molar-refractivity contribution in [1.29, 1.82) is 0 Å². The molecule has 4 amide bonds. The molecule has 3 rings (SSSR count). The number of ether oxygens (including phenoxy) is 3. The molecule has 33 heavy (non-hydrogen) atoms. The third-order valence-electron chi connectivity index (χ3n) is 4.66. The molecular formula is C23H21IN2O7. The van der Waals surface area contributed by atoms with Crippen molar-refractivity contribution in [2.75, 3.05) is 25.2 Å². The van der Waals surface area contributed by atoms with Crippen LogP contribution in [0.5, 0.6) is 11.5 Å². The number of anilines is 1. The van der Waals surface area contributed by atoms with Crippen LogP contribution in [-0.2, 0) is 19.1 Å². The molecule has 1 saturated heterocycles. The first-order valence-electron chi connectivity index (χ1n) is 9.89. The number of hydrogen-bond acceptors (Lipinski definition) is 7. The summed E-state index contributed by atoms with van der Waals surface area (Å²) >= 11 is 2.00. The number of benzene rings is 2. The number of nitrogens with one attached hydrogen (secondary N) is 1. The lowest BCUT2D eigenvalue weighted by Crippen LogP contribution is -2.54. The zero-order valence-corrected chi connectivity index (χ0v) is 20.3. The van der Waals surface area contributed by atoms with Gasteiger partial charge in [-0.1, -0.05) is 18.2 Å². The summed E-state index contributed by atoms with van der Waals surface area (Å²) in [4.78, 5) is 50.5. The van der Waals surface area contributed by atoms with Crippen molar-refractivity contribution < 1.29 is 33.4 Å². The third-order valence-corrected chi connectivity index (χ3v) is 5.46. The molecule has 1 aliphatic heterocycles. The zero-order chi connectivity index (χ0) is 24.1. The van der Waals surface area contributed by atoms with Crippen LogP contribution in [0.2, 0.25) is 0 Å². The summed E-state index contributed by atoms with van der Waals surface area (Å²) in [7, 11) is 1.26. The van der Waals surface area contributed by atoms with Gasteiger partial charge in [-0.05, 0) is 71.8 Å². The topological polar surface area (TPSA) is 111 Å². The second-order valence-electron chi connectivity index (χ2n) is 6.87. The first-order valence-corrected chi connectivity index (χ1v) is 11.0. The molecule has 172 valence electrons. The third kappa shape index (κ3) is 5.33. The molecule has 1 aliphatic rings. The summed E-state index contributed by atoms with van der Waals surface area (Å²) in [5, 5.41) is 2.21. The Balaban J connectivity index is 2.00. The Labute approximate surface area is 203 Å². The highest BCUT2D eigenvalue weighted by molar-refractivity contribution is 14.1. The zero-order valence-electron chi connectivity index (χ0n) is 18.1. The van der Waals surface area contributed by atoms with Gasteiger partial charge in [0.15, 0.2) is 18.1 Å². The quantitative estimate of drug-likeness (QED) is 0.238. The van der Waals surface area contributed by atoms with E-state index in [0.29, 0.717) is 38.5 Å². The highest BCUT2D eigenvalue weighted by Gasteiger charge is 2.37. The number of esters is 1. The lowest BCUT2D eigenvalue weighted by Gasteiger charge is -2.27. The van der Waals surface area contributed by atoms with Crippen LogP contribution in [0.15, 0.2) is 42.0 Å². The van der Waals surface area contributed by atoms with Crippen molar-refractivity contribution in [3.63, 3.8) is 0 Å². The smallest absolute Gasteiger partial charge is 0.343 e. The number of barbiturate groups is 1. The predicted octanol–water partition coefficient (Wildman–Crippen LogP) is 3.22. The molecule has 0 unspecified atom stereocenters. The van der Waals surface area contributed by atoms with E-state index in [0.717, 1.165) is 4.90 Å². The maximum atomic E-state index is 13.1. The summed E-state index contributed by atoms with van der Waals surface area (Å²) in [5.41, 5.74) is 1.36. The second-order valence-corrected chi connectivity index (χ2v) is 8.03. The molecule has 2 aromatic rings. The fourth-order valence-electron chi connectivity index (χ4n) is 3.12. The van der Waals surface area contributed by atoms with Gasteiger partial charge in [0.25, 0.3) is 11.8 Å². The second kappa shape index (κ2) is 10.5. The molecule has 1 heterocycles. The molecule has 0 bridgehead atoms. The molecule has 10 heteroatoms. The van der Waals surface area contributed by atoms with Crippen LogP contribution in [0, 0.1) is 10.5 Å². The minimum Gasteiger partial charge on any atom is -0.490 e. The summed E-state index contributed by atoms with van der Waals surface area (Å²) in [6.45, 7) is 3.56. The standard InChI is InChI=1S/C23H21IN2O7/c1-4-32-18-11-14(10-16(24)20(18)33-12-19(27)31-3)9-15-21(28)25-23(30)26(22(15)29)17-8-6-5-7-13(17)2/h5-11H,4,12H2,1-3H3,(H,25,28,30)/b15-9+. The minimum atomic E-state index is -0.812. The maximum absolute atomic E-state index is 13.1. The summed E-state index contributed by atoms with van der Waals surface area (Å²) in [6.07, 6.45) is 1.38. The highest BCUT2D eigenvalue weighted by atomic mass is 127. The Morgan fingerprint density at radius 3 is 2.55 bits per heavy atom. The number of nitrogens with zero attached hydrogens (tertiary/aromatic N) is 1. The Morgan fingerprint density at radius 2 is 1.88 bits per heavy atom. The van der Waals surface area contributed by atoms with Crippen LogP contribution in [-0.4, -0.2) is 44.1 Å². The molecule has 0 saturated carbocycles. The molecule has 1 fully saturated rings. The van der Waals surface area contributed by atoms with E-state index in [2.05, 4.69) is 10.1 Å². The monoisotopic (exact) mass is 564 g/mol. The number of hydrogen-bond donors (Lipinski definition) is 1. The number of halogens is 1. The maximum Gasteiger partial charge on any atom is 0.343 e. The molecule has 0 atom stereocenters. The average Bonchev–Trinajstić information content (AvgIpc) is 2.77. The van der Waals surface area contributed by atoms with Crippen LogP contribution in [0.25, 0.3) is 6.08 Å². The van der Waals surface area contributed by atoms with Crippen LogP contribution >= 0.6 is 22.6 Å².